The van der Waals surface area contributed by atoms with Crippen molar-refractivity contribution in [1.29, 1.82) is 0 Å². The molecule has 0 bridgehead atoms. The molecule has 2 fully saturated rings. The Morgan fingerprint density at radius 3 is 2.59 bits per heavy atom. The van der Waals surface area contributed by atoms with E-state index < -0.39 is 0 Å². The van der Waals surface area contributed by atoms with Gasteiger partial charge in [-0.25, -0.2) is 0 Å². The van der Waals surface area contributed by atoms with E-state index in [0.29, 0.717) is 18.7 Å². The van der Waals surface area contributed by atoms with Gasteiger partial charge in [0.25, 0.3) is 5.91 Å². The molecule has 0 N–H and O–H groups in total. The molecule has 1 aromatic carbocycles. The highest BCUT2D eigenvalue weighted by Gasteiger charge is 2.36. The number of ether oxygens (including phenoxy) is 1. The van der Waals surface area contributed by atoms with Gasteiger partial charge in [0.1, 0.15) is 12.3 Å². The van der Waals surface area contributed by atoms with Crippen molar-refractivity contribution in [2.75, 3.05) is 19.7 Å². The van der Waals surface area contributed by atoms with Gasteiger partial charge in [0.15, 0.2) is 0 Å². The molecule has 29 heavy (non-hydrogen) atoms. The molecular weight excluding hydrogens is 368 g/mol. The van der Waals surface area contributed by atoms with Crippen LogP contribution in [0.3, 0.4) is 0 Å². The Labute approximate surface area is 171 Å². The Morgan fingerprint density at radius 1 is 1.10 bits per heavy atom. The molecule has 2 aliphatic rings. The zero-order valence-electron chi connectivity index (χ0n) is 16.9. The van der Waals surface area contributed by atoms with Gasteiger partial charge in [0.2, 0.25) is 5.91 Å². The van der Waals surface area contributed by atoms with Gasteiger partial charge in [-0.1, -0.05) is 18.2 Å². The summed E-state index contributed by atoms with van der Waals surface area (Å²) in [5.74, 6) is 0.610. The normalized spacial score (nSPS) is 18.6. The van der Waals surface area contributed by atoms with Gasteiger partial charge in [0, 0.05) is 24.8 Å². The van der Waals surface area contributed by atoms with Gasteiger partial charge in [-0.3, -0.25) is 9.59 Å². The van der Waals surface area contributed by atoms with Crippen molar-refractivity contribution in [2.45, 2.75) is 51.3 Å². The molecule has 1 aliphatic carbocycles. The summed E-state index contributed by atoms with van der Waals surface area (Å²) in [7, 11) is 0. The van der Waals surface area contributed by atoms with Crippen molar-refractivity contribution in [3.05, 3.63) is 59.5 Å². The van der Waals surface area contributed by atoms with Crippen LogP contribution in [0.4, 0.5) is 0 Å². The van der Waals surface area contributed by atoms with E-state index in [1.54, 1.807) is 16.1 Å². The van der Waals surface area contributed by atoms with E-state index in [4.69, 9.17) is 9.15 Å². The Kier molecular flexibility index (Phi) is 6.00. The molecule has 1 saturated heterocycles. The molecule has 0 spiro atoms. The van der Waals surface area contributed by atoms with Gasteiger partial charge in [-0.15, -0.1) is 0 Å². The van der Waals surface area contributed by atoms with E-state index >= 15 is 0 Å². The lowest BCUT2D eigenvalue weighted by Crippen LogP contribution is -2.45. The molecule has 1 saturated carbocycles. The van der Waals surface area contributed by atoms with Crippen LogP contribution in [0.2, 0.25) is 0 Å². The van der Waals surface area contributed by atoms with Crippen molar-refractivity contribution in [2.24, 2.45) is 0 Å². The predicted octanol–water partition coefficient (Wildman–Crippen LogP) is 3.40. The second-order valence-corrected chi connectivity index (χ2v) is 7.97. The summed E-state index contributed by atoms with van der Waals surface area (Å²) < 4.78 is 11.2. The number of amides is 2. The number of carbonyl (C=O) groups is 2. The molecule has 4 rings (SSSR count). The smallest absolute Gasteiger partial charge is 0.254 e. The largest absolute Gasteiger partial charge is 0.467 e. The molecular formula is C23H28N2O4. The topological polar surface area (TPSA) is 63.0 Å². The second-order valence-electron chi connectivity index (χ2n) is 7.97. The summed E-state index contributed by atoms with van der Waals surface area (Å²) >= 11 is 0. The summed E-state index contributed by atoms with van der Waals surface area (Å²) in [5, 5.41) is 0. The Balaban J connectivity index is 1.49. The van der Waals surface area contributed by atoms with E-state index in [1.807, 2.05) is 43.3 Å². The average molecular weight is 396 g/mol. The summed E-state index contributed by atoms with van der Waals surface area (Å²) in [6.07, 6.45) is 5.55. The fraction of sp³-hybridized carbons (Fsp3) is 0.478. The first-order chi connectivity index (χ1) is 14.1. The maximum absolute atomic E-state index is 13.3. The van der Waals surface area contributed by atoms with Crippen LogP contribution < -0.4 is 0 Å². The van der Waals surface area contributed by atoms with Crippen molar-refractivity contribution in [1.82, 2.24) is 9.80 Å². The summed E-state index contributed by atoms with van der Waals surface area (Å²) in [6, 6.07) is 11.4. The Morgan fingerprint density at radius 2 is 1.93 bits per heavy atom. The van der Waals surface area contributed by atoms with E-state index in [0.717, 1.165) is 43.6 Å². The maximum atomic E-state index is 13.3. The molecule has 1 aromatic heterocycles. The molecule has 2 amide bonds. The summed E-state index contributed by atoms with van der Waals surface area (Å²) in [5.41, 5.74) is 1.60. The third kappa shape index (κ3) is 4.88. The quantitative estimate of drug-likeness (QED) is 0.686. The number of carbonyl (C=O) groups excluding carboxylic acids is 2. The van der Waals surface area contributed by atoms with E-state index in [-0.39, 0.29) is 30.5 Å². The van der Waals surface area contributed by atoms with Crippen LogP contribution >= 0.6 is 0 Å². The first-order valence-corrected chi connectivity index (χ1v) is 10.4. The van der Waals surface area contributed by atoms with Crippen molar-refractivity contribution < 1.29 is 18.7 Å². The summed E-state index contributed by atoms with van der Waals surface area (Å²) in [6.45, 7) is 3.68. The standard InChI is InChI=1S/C23H28N2O4/c1-17-6-2-3-9-21(17)23(27)25(18-10-11-18)16-22(26)24(14-19-7-4-12-28-19)15-20-8-5-13-29-20/h2-4,6-7,9,12,18,20H,5,8,10-11,13-16H2,1H3. The van der Waals surface area contributed by atoms with Crippen LogP contribution in [0.25, 0.3) is 0 Å². The van der Waals surface area contributed by atoms with Gasteiger partial charge < -0.3 is 19.0 Å². The number of aryl methyl sites for hydroxylation is 1. The van der Waals surface area contributed by atoms with Gasteiger partial charge in [-0.05, 0) is 56.4 Å². The number of nitrogens with zero attached hydrogens (tertiary/aromatic N) is 2. The van der Waals surface area contributed by atoms with Crippen molar-refractivity contribution in [3.8, 4) is 0 Å². The first kappa shape index (κ1) is 19.7. The fourth-order valence-corrected chi connectivity index (χ4v) is 3.85. The monoisotopic (exact) mass is 396 g/mol. The zero-order chi connectivity index (χ0) is 20.2. The minimum Gasteiger partial charge on any atom is -0.467 e. The maximum Gasteiger partial charge on any atom is 0.254 e. The first-order valence-electron chi connectivity index (χ1n) is 10.4. The van der Waals surface area contributed by atoms with Gasteiger partial charge in [0.05, 0.1) is 18.9 Å². The Hall–Kier alpha value is -2.60. The number of hydrogen-bond donors (Lipinski definition) is 0. The second kappa shape index (κ2) is 8.82. The van der Waals surface area contributed by atoms with Crippen LogP contribution in [0.15, 0.2) is 47.1 Å². The molecule has 1 aliphatic heterocycles. The van der Waals surface area contributed by atoms with Crippen LogP contribution in [0, 0.1) is 6.92 Å². The fourth-order valence-electron chi connectivity index (χ4n) is 3.85. The SMILES string of the molecule is Cc1ccccc1C(=O)N(CC(=O)N(Cc1ccco1)CC1CCCO1)C1CC1. The minimum absolute atomic E-state index is 0.0513. The molecule has 1 unspecified atom stereocenters. The predicted molar refractivity (Wildman–Crippen MR) is 108 cm³/mol. The summed E-state index contributed by atoms with van der Waals surface area (Å²) in [4.78, 5) is 30.0. The minimum atomic E-state index is -0.0641. The van der Waals surface area contributed by atoms with Crippen LogP contribution in [0.5, 0.6) is 0 Å². The van der Waals surface area contributed by atoms with Crippen LogP contribution in [-0.2, 0) is 16.1 Å². The van der Waals surface area contributed by atoms with E-state index in [1.165, 1.54) is 0 Å². The van der Waals surface area contributed by atoms with Crippen LogP contribution in [0.1, 0.15) is 47.4 Å². The highest BCUT2D eigenvalue weighted by molar-refractivity contribution is 5.98. The number of hydrogen-bond acceptors (Lipinski definition) is 4. The van der Waals surface area contributed by atoms with Crippen LogP contribution in [-0.4, -0.2) is 53.5 Å². The lowest BCUT2D eigenvalue weighted by atomic mass is 10.1. The van der Waals surface area contributed by atoms with Gasteiger partial charge in [-0.2, -0.15) is 0 Å². The third-order valence-corrected chi connectivity index (χ3v) is 5.66. The zero-order valence-corrected chi connectivity index (χ0v) is 16.9. The highest BCUT2D eigenvalue weighted by Crippen LogP contribution is 2.29. The molecule has 6 nitrogen and oxygen atoms in total. The third-order valence-electron chi connectivity index (χ3n) is 5.66. The van der Waals surface area contributed by atoms with Crippen molar-refractivity contribution >= 4 is 11.8 Å². The highest BCUT2D eigenvalue weighted by atomic mass is 16.5. The van der Waals surface area contributed by atoms with Crippen molar-refractivity contribution in [3.63, 3.8) is 0 Å². The number of rotatable bonds is 8. The Bertz CT molecular complexity index is 838. The molecule has 2 heterocycles. The molecule has 0 radical (unpaired) electrons. The lowest BCUT2D eigenvalue weighted by molar-refractivity contribution is -0.134. The molecule has 154 valence electrons. The van der Waals surface area contributed by atoms with Gasteiger partial charge >= 0.3 is 0 Å². The lowest BCUT2D eigenvalue weighted by Gasteiger charge is -2.29. The number of benzene rings is 1. The average Bonchev–Trinajstić information content (AvgIpc) is 3.18. The van der Waals surface area contributed by atoms with E-state index in [9.17, 15) is 9.59 Å². The number of furan rings is 1. The molecule has 1 atom stereocenters. The van der Waals surface area contributed by atoms with E-state index in [2.05, 4.69) is 0 Å². The molecule has 6 heteroatoms. The molecule has 2 aromatic rings.